The van der Waals surface area contributed by atoms with Crippen molar-refractivity contribution in [3.05, 3.63) is 33.7 Å². The van der Waals surface area contributed by atoms with Gasteiger partial charge < -0.3 is 25.9 Å². The number of carboxylic acids is 1. The Balaban J connectivity index is 1.46. The number of amides is 2. The SMILES string of the molecule is CON=C(C(=O)NC1C(=O)N2CC(C=Cc3cncs3)(C(=O)O)CS[C@H]12)c1csc(N)n1. The Kier molecular flexibility index (Phi) is 6.17. The van der Waals surface area contributed by atoms with Crippen molar-refractivity contribution in [3.8, 4) is 0 Å². The summed E-state index contributed by atoms with van der Waals surface area (Å²) in [6.45, 7) is 0.0160. The summed E-state index contributed by atoms with van der Waals surface area (Å²) in [6.07, 6.45) is 4.97. The fourth-order valence-corrected chi connectivity index (χ4v) is 5.92. The van der Waals surface area contributed by atoms with Crippen molar-refractivity contribution < 1.29 is 24.3 Å². The summed E-state index contributed by atoms with van der Waals surface area (Å²) in [6, 6.07) is -0.803. The standard InChI is InChI=1S/C18H18N6O5S3/c1-29-23-11(10-5-30-17(19)21-10)13(25)22-12-14(26)24-6-18(16(27)28,7-31-15(12)24)3-2-9-4-20-8-32-9/h2-5,8,12,15H,6-7H2,1H3,(H2,19,21)(H,22,25)(H,27,28)/t12?,15-,18?/m1/s1. The molecule has 2 fully saturated rings. The van der Waals surface area contributed by atoms with Crippen LogP contribution >= 0.6 is 34.4 Å². The van der Waals surface area contributed by atoms with E-state index in [1.54, 1.807) is 29.2 Å². The molecule has 2 aliphatic rings. The Bertz CT molecular complexity index is 1100. The number of anilines is 1. The van der Waals surface area contributed by atoms with Crippen LogP contribution in [-0.4, -0.2) is 74.3 Å². The summed E-state index contributed by atoms with van der Waals surface area (Å²) >= 11 is 3.84. The van der Waals surface area contributed by atoms with Crippen molar-refractivity contribution in [1.29, 1.82) is 0 Å². The van der Waals surface area contributed by atoms with Gasteiger partial charge in [-0.15, -0.1) is 34.4 Å². The maximum atomic E-state index is 12.8. The van der Waals surface area contributed by atoms with E-state index in [0.29, 0.717) is 0 Å². The van der Waals surface area contributed by atoms with Crippen LogP contribution in [0.5, 0.6) is 0 Å². The van der Waals surface area contributed by atoms with Gasteiger partial charge in [0, 0.05) is 28.8 Å². The van der Waals surface area contributed by atoms with Crippen LogP contribution in [0.15, 0.2) is 28.3 Å². The zero-order chi connectivity index (χ0) is 22.9. The summed E-state index contributed by atoms with van der Waals surface area (Å²) in [4.78, 5) is 52.6. The molecule has 2 saturated heterocycles. The first-order chi connectivity index (χ1) is 15.3. The number of hydrogen-bond acceptors (Lipinski definition) is 11. The van der Waals surface area contributed by atoms with Gasteiger partial charge in [-0.05, 0) is 6.08 Å². The van der Waals surface area contributed by atoms with E-state index < -0.39 is 23.3 Å². The van der Waals surface area contributed by atoms with Gasteiger partial charge in [0.05, 0.1) is 5.51 Å². The second-order valence-corrected chi connectivity index (χ2v) is 9.92. The van der Waals surface area contributed by atoms with E-state index in [2.05, 4.69) is 20.4 Å². The lowest BCUT2D eigenvalue weighted by Gasteiger charge is -2.53. The van der Waals surface area contributed by atoms with Crippen LogP contribution in [-0.2, 0) is 19.2 Å². The number of hydrogen-bond donors (Lipinski definition) is 3. The molecule has 0 spiro atoms. The number of nitrogens with zero attached hydrogens (tertiary/aromatic N) is 4. The molecule has 2 amide bonds. The van der Waals surface area contributed by atoms with E-state index in [1.807, 2.05) is 0 Å². The molecule has 0 aromatic carbocycles. The molecule has 0 radical (unpaired) electrons. The molecule has 0 saturated carbocycles. The van der Waals surface area contributed by atoms with Gasteiger partial charge in [-0.3, -0.25) is 19.4 Å². The molecule has 2 aromatic heterocycles. The largest absolute Gasteiger partial charge is 0.481 e. The van der Waals surface area contributed by atoms with E-state index in [1.165, 1.54) is 35.1 Å². The minimum absolute atomic E-state index is 0.0160. The number of nitrogens with two attached hydrogens (primary N) is 1. The maximum absolute atomic E-state index is 12.8. The van der Waals surface area contributed by atoms with E-state index in [-0.39, 0.29) is 40.1 Å². The molecule has 4 heterocycles. The van der Waals surface area contributed by atoms with Gasteiger partial charge in [-0.25, -0.2) is 4.98 Å². The Morgan fingerprint density at radius 3 is 2.91 bits per heavy atom. The molecule has 4 rings (SSSR count). The first kappa shape index (κ1) is 22.2. The molecule has 3 atom stereocenters. The molecular formula is C18H18N6O5S3. The normalized spacial score (nSPS) is 25.3. The quantitative estimate of drug-likeness (QED) is 0.286. The smallest absolute Gasteiger partial charge is 0.316 e. The van der Waals surface area contributed by atoms with Gasteiger partial charge >= 0.3 is 5.97 Å². The zero-order valence-corrected chi connectivity index (χ0v) is 19.1. The minimum Gasteiger partial charge on any atom is -0.481 e. The third kappa shape index (κ3) is 4.08. The number of carbonyl (C=O) groups is 3. The van der Waals surface area contributed by atoms with Crippen molar-refractivity contribution in [1.82, 2.24) is 20.2 Å². The number of fused-ring (bicyclic) bond motifs is 1. The van der Waals surface area contributed by atoms with Crippen molar-refractivity contribution in [2.24, 2.45) is 10.6 Å². The van der Waals surface area contributed by atoms with E-state index in [9.17, 15) is 19.5 Å². The number of β-lactam (4-membered cyclic amide) rings is 1. The highest BCUT2D eigenvalue weighted by atomic mass is 32.2. The highest BCUT2D eigenvalue weighted by Crippen LogP contribution is 2.43. The number of thiazole rings is 2. The van der Waals surface area contributed by atoms with Gasteiger partial charge in [0.2, 0.25) is 5.91 Å². The predicted octanol–water partition coefficient (Wildman–Crippen LogP) is 0.717. The number of carbonyl (C=O) groups excluding carboxylic acids is 2. The van der Waals surface area contributed by atoms with Crippen molar-refractivity contribution in [2.45, 2.75) is 11.4 Å². The van der Waals surface area contributed by atoms with Crippen LogP contribution in [0.25, 0.3) is 6.08 Å². The van der Waals surface area contributed by atoms with Crippen molar-refractivity contribution in [3.63, 3.8) is 0 Å². The maximum Gasteiger partial charge on any atom is 0.316 e. The molecule has 2 aromatic rings. The molecule has 14 heteroatoms. The monoisotopic (exact) mass is 494 g/mol. The molecular weight excluding hydrogens is 476 g/mol. The third-order valence-corrected chi connectivity index (χ3v) is 7.96. The van der Waals surface area contributed by atoms with Crippen LogP contribution in [0.2, 0.25) is 0 Å². The molecule has 2 unspecified atom stereocenters. The Morgan fingerprint density at radius 1 is 1.47 bits per heavy atom. The second-order valence-electron chi connectivity index (χ2n) is 7.01. The molecule has 0 bridgehead atoms. The van der Waals surface area contributed by atoms with E-state index >= 15 is 0 Å². The fraction of sp³-hybridized carbons (Fsp3) is 0.333. The van der Waals surface area contributed by atoms with Crippen LogP contribution in [0.4, 0.5) is 5.13 Å². The van der Waals surface area contributed by atoms with Gasteiger partial charge in [-0.1, -0.05) is 11.2 Å². The van der Waals surface area contributed by atoms with Gasteiger partial charge in [0.15, 0.2) is 10.8 Å². The molecule has 168 valence electrons. The first-order valence-corrected chi connectivity index (χ1v) is 12.0. The van der Waals surface area contributed by atoms with Crippen LogP contribution in [0.3, 0.4) is 0 Å². The Labute approximate surface area is 194 Å². The average Bonchev–Trinajstić information content (AvgIpc) is 3.45. The van der Waals surface area contributed by atoms with Crippen LogP contribution in [0, 0.1) is 5.41 Å². The van der Waals surface area contributed by atoms with Gasteiger partial charge in [0.1, 0.15) is 29.6 Å². The summed E-state index contributed by atoms with van der Waals surface area (Å²) in [5, 5.41) is 17.7. The lowest BCUT2D eigenvalue weighted by Crippen LogP contribution is -2.73. The number of rotatable bonds is 7. The lowest BCUT2D eigenvalue weighted by atomic mass is 9.86. The highest BCUT2D eigenvalue weighted by Gasteiger charge is 2.56. The number of nitrogens with one attached hydrogen (secondary N) is 1. The van der Waals surface area contributed by atoms with E-state index in [0.717, 1.165) is 16.2 Å². The van der Waals surface area contributed by atoms with Crippen molar-refractivity contribution in [2.75, 3.05) is 25.1 Å². The molecule has 32 heavy (non-hydrogen) atoms. The number of carboxylic acid groups (broad SMARTS) is 1. The third-order valence-electron chi connectivity index (χ3n) is 5.00. The lowest BCUT2D eigenvalue weighted by molar-refractivity contribution is -0.155. The van der Waals surface area contributed by atoms with Gasteiger partial charge in [0.25, 0.3) is 5.91 Å². The Morgan fingerprint density at radius 2 is 2.28 bits per heavy atom. The van der Waals surface area contributed by atoms with Crippen LogP contribution < -0.4 is 11.1 Å². The molecule has 4 N–H and O–H groups in total. The summed E-state index contributed by atoms with van der Waals surface area (Å²) < 4.78 is 0. The molecule has 0 aliphatic carbocycles. The molecule has 2 aliphatic heterocycles. The second kappa shape index (κ2) is 8.88. The minimum atomic E-state index is -1.23. The fourth-order valence-electron chi connectivity index (χ4n) is 3.35. The predicted molar refractivity (Wildman–Crippen MR) is 121 cm³/mol. The number of aromatic nitrogens is 2. The number of nitrogen functional groups attached to an aromatic ring is 1. The summed E-state index contributed by atoms with van der Waals surface area (Å²) in [5.41, 5.74) is 6.20. The molecule has 11 nitrogen and oxygen atoms in total. The highest BCUT2D eigenvalue weighted by molar-refractivity contribution is 8.00. The van der Waals surface area contributed by atoms with Crippen LogP contribution in [0.1, 0.15) is 10.6 Å². The number of thioether (sulfide) groups is 1. The number of aliphatic carboxylic acids is 1. The Hall–Kier alpha value is -2.97. The first-order valence-electron chi connectivity index (χ1n) is 9.21. The zero-order valence-electron chi connectivity index (χ0n) is 16.6. The summed E-state index contributed by atoms with van der Waals surface area (Å²) in [7, 11) is 1.29. The summed E-state index contributed by atoms with van der Waals surface area (Å²) in [5.74, 6) is -1.75. The average molecular weight is 495 g/mol. The topological polar surface area (TPSA) is 160 Å². The van der Waals surface area contributed by atoms with Crippen molar-refractivity contribution >= 4 is 69.1 Å². The van der Waals surface area contributed by atoms with E-state index in [4.69, 9.17) is 10.6 Å². The van der Waals surface area contributed by atoms with Gasteiger partial charge in [-0.2, -0.15) is 0 Å². The number of oxime groups is 1.